The van der Waals surface area contributed by atoms with Crippen molar-refractivity contribution in [3.63, 3.8) is 0 Å². The molecule has 0 aliphatic heterocycles. The van der Waals surface area contributed by atoms with Gasteiger partial charge in [-0.05, 0) is 47.8 Å². The number of carbonyl (C=O) groups is 1. The summed E-state index contributed by atoms with van der Waals surface area (Å²) in [6, 6.07) is 1.90. The van der Waals surface area contributed by atoms with Gasteiger partial charge in [0.25, 0.3) is 5.91 Å². The number of hydrogen-bond donors (Lipinski definition) is 2. The van der Waals surface area contributed by atoms with Gasteiger partial charge in [0.2, 0.25) is 10.0 Å². The van der Waals surface area contributed by atoms with E-state index in [2.05, 4.69) is 21.2 Å². The van der Waals surface area contributed by atoms with Crippen LogP contribution in [-0.4, -0.2) is 19.9 Å². The van der Waals surface area contributed by atoms with Gasteiger partial charge in [0.05, 0.1) is 10.5 Å². The molecule has 1 aliphatic rings. The third kappa shape index (κ3) is 3.61. The minimum absolute atomic E-state index is 0.00821. The van der Waals surface area contributed by atoms with Gasteiger partial charge < -0.3 is 5.32 Å². The highest BCUT2D eigenvalue weighted by Crippen LogP contribution is 2.30. The van der Waals surface area contributed by atoms with Crippen LogP contribution in [0.3, 0.4) is 0 Å². The molecule has 0 spiro atoms. The van der Waals surface area contributed by atoms with Crippen LogP contribution in [0, 0.1) is 5.82 Å². The van der Waals surface area contributed by atoms with E-state index in [9.17, 15) is 17.6 Å². The number of benzene rings is 1. The van der Waals surface area contributed by atoms with Gasteiger partial charge in [0.15, 0.2) is 0 Å². The summed E-state index contributed by atoms with van der Waals surface area (Å²) in [6.45, 7) is 1.90. The molecule has 1 aromatic carbocycles. The molecule has 116 valence electrons. The fraction of sp³-hybridized carbons (Fsp3) is 0.462. The fourth-order valence-corrected chi connectivity index (χ4v) is 4.15. The number of amides is 1. The SMILES string of the molecule is CC1(NC(=O)c2cc(S(N)(=O)=O)c(Br)cc2F)CCCC1. The molecular weight excluding hydrogens is 363 g/mol. The summed E-state index contributed by atoms with van der Waals surface area (Å²) in [5, 5.41) is 7.83. The lowest BCUT2D eigenvalue weighted by atomic mass is 10.00. The average molecular weight is 379 g/mol. The molecule has 1 amide bonds. The van der Waals surface area contributed by atoms with Crippen LogP contribution in [0.25, 0.3) is 0 Å². The fourth-order valence-electron chi connectivity index (χ4n) is 2.54. The van der Waals surface area contributed by atoms with Gasteiger partial charge in [0.1, 0.15) is 5.82 Å². The third-order valence-corrected chi connectivity index (χ3v) is 5.56. The summed E-state index contributed by atoms with van der Waals surface area (Å²) < 4.78 is 36.8. The monoisotopic (exact) mass is 378 g/mol. The predicted octanol–water partition coefficient (Wildman–Crippen LogP) is 2.30. The standard InChI is InChI=1S/C13H16BrFN2O3S/c1-13(4-2-3-5-13)17-12(18)8-6-11(21(16,19)20)9(14)7-10(8)15/h6-7H,2-5H2,1H3,(H,17,18)(H2,16,19,20). The van der Waals surface area contributed by atoms with Gasteiger partial charge in [0, 0.05) is 10.0 Å². The summed E-state index contributed by atoms with van der Waals surface area (Å²) in [5.41, 5.74) is -0.700. The zero-order valence-electron chi connectivity index (χ0n) is 11.4. The summed E-state index contributed by atoms with van der Waals surface area (Å²) in [4.78, 5) is 11.9. The van der Waals surface area contributed by atoms with E-state index >= 15 is 0 Å². The number of hydrogen-bond acceptors (Lipinski definition) is 3. The third-order valence-electron chi connectivity index (χ3n) is 3.70. The molecule has 21 heavy (non-hydrogen) atoms. The Bertz CT molecular complexity index is 685. The van der Waals surface area contributed by atoms with Crippen LogP contribution in [0.1, 0.15) is 43.0 Å². The number of nitrogens with two attached hydrogens (primary N) is 1. The van der Waals surface area contributed by atoms with Crippen LogP contribution in [0.15, 0.2) is 21.5 Å². The summed E-state index contributed by atoms with van der Waals surface area (Å²) in [5.74, 6) is -1.43. The largest absolute Gasteiger partial charge is 0.347 e. The van der Waals surface area contributed by atoms with E-state index in [-0.39, 0.29) is 20.5 Å². The van der Waals surface area contributed by atoms with Crippen molar-refractivity contribution in [2.24, 2.45) is 5.14 Å². The zero-order chi connectivity index (χ0) is 15.8. The Balaban J connectivity index is 2.37. The number of primary sulfonamides is 1. The Hall–Kier alpha value is -0.990. The second-order valence-corrected chi connectivity index (χ2v) is 7.91. The van der Waals surface area contributed by atoms with Crippen LogP contribution in [0.2, 0.25) is 0 Å². The molecule has 1 aromatic rings. The normalized spacial score (nSPS) is 17.7. The molecule has 0 unspecified atom stereocenters. The lowest BCUT2D eigenvalue weighted by Gasteiger charge is -2.25. The van der Waals surface area contributed by atoms with E-state index in [1.54, 1.807) is 0 Å². The highest BCUT2D eigenvalue weighted by molar-refractivity contribution is 9.10. The van der Waals surface area contributed by atoms with Crippen molar-refractivity contribution in [1.82, 2.24) is 5.32 Å². The smallest absolute Gasteiger partial charge is 0.254 e. The summed E-state index contributed by atoms with van der Waals surface area (Å²) in [7, 11) is -4.04. The number of nitrogens with one attached hydrogen (secondary N) is 1. The van der Waals surface area contributed by atoms with E-state index < -0.39 is 21.7 Å². The number of halogens is 2. The highest BCUT2D eigenvalue weighted by atomic mass is 79.9. The molecule has 2 rings (SSSR count). The van der Waals surface area contributed by atoms with Crippen molar-refractivity contribution in [2.45, 2.75) is 43.0 Å². The molecule has 0 bridgehead atoms. The molecule has 0 saturated heterocycles. The first kappa shape index (κ1) is 16.4. The zero-order valence-corrected chi connectivity index (χ0v) is 13.9. The van der Waals surface area contributed by atoms with E-state index in [1.807, 2.05) is 6.92 Å². The molecule has 0 atom stereocenters. The Morgan fingerprint density at radius 3 is 2.48 bits per heavy atom. The second-order valence-electron chi connectivity index (χ2n) is 5.53. The molecule has 0 heterocycles. The van der Waals surface area contributed by atoms with E-state index in [4.69, 9.17) is 5.14 Å². The first-order chi connectivity index (χ1) is 9.62. The minimum atomic E-state index is -4.04. The highest BCUT2D eigenvalue weighted by Gasteiger charge is 2.31. The van der Waals surface area contributed by atoms with E-state index in [0.717, 1.165) is 37.8 Å². The second kappa shape index (κ2) is 5.66. The van der Waals surface area contributed by atoms with E-state index in [0.29, 0.717) is 0 Å². The molecule has 1 saturated carbocycles. The number of sulfonamides is 1. The maximum absolute atomic E-state index is 13.9. The molecule has 8 heteroatoms. The van der Waals surface area contributed by atoms with Crippen molar-refractivity contribution in [3.05, 3.63) is 28.0 Å². The van der Waals surface area contributed by atoms with Crippen LogP contribution in [-0.2, 0) is 10.0 Å². The molecule has 1 fully saturated rings. The number of rotatable bonds is 3. The van der Waals surface area contributed by atoms with Crippen LogP contribution in [0.5, 0.6) is 0 Å². The van der Waals surface area contributed by atoms with Crippen molar-refractivity contribution < 1.29 is 17.6 Å². The van der Waals surface area contributed by atoms with Gasteiger partial charge in [-0.3, -0.25) is 4.79 Å². The first-order valence-electron chi connectivity index (χ1n) is 6.47. The van der Waals surface area contributed by atoms with Crippen molar-refractivity contribution in [1.29, 1.82) is 0 Å². The van der Waals surface area contributed by atoms with Crippen LogP contribution in [0.4, 0.5) is 4.39 Å². The quantitative estimate of drug-likeness (QED) is 0.845. The maximum Gasteiger partial charge on any atom is 0.254 e. The molecule has 3 N–H and O–H groups in total. The van der Waals surface area contributed by atoms with Crippen LogP contribution < -0.4 is 10.5 Å². The van der Waals surface area contributed by atoms with E-state index in [1.165, 1.54) is 0 Å². The van der Waals surface area contributed by atoms with Crippen LogP contribution >= 0.6 is 15.9 Å². The topological polar surface area (TPSA) is 89.3 Å². The Kier molecular flexibility index (Phi) is 4.41. The summed E-state index contributed by atoms with van der Waals surface area (Å²) >= 11 is 2.93. The summed E-state index contributed by atoms with van der Waals surface area (Å²) in [6.07, 6.45) is 3.64. The van der Waals surface area contributed by atoms with Gasteiger partial charge in [-0.25, -0.2) is 17.9 Å². The Morgan fingerprint density at radius 2 is 1.95 bits per heavy atom. The van der Waals surface area contributed by atoms with Gasteiger partial charge in [-0.15, -0.1) is 0 Å². The molecule has 0 radical (unpaired) electrons. The van der Waals surface area contributed by atoms with Gasteiger partial charge >= 0.3 is 0 Å². The minimum Gasteiger partial charge on any atom is -0.347 e. The van der Waals surface area contributed by atoms with Gasteiger partial charge in [-0.1, -0.05) is 12.8 Å². The Labute approximate surface area is 131 Å². The van der Waals surface area contributed by atoms with Gasteiger partial charge in [-0.2, -0.15) is 0 Å². The lowest BCUT2D eigenvalue weighted by Crippen LogP contribution is -2.43. The molecular formula is C13H16BrFN2O3S. The lowest BCUT2D eigenvalue weighted by molar-refractivity contribution is 0.0903. The Morgan fingerprint density at radius 1 is 1.38 bits per heavy atom. The molecule has 0 aromatic heterocycles. The molecule has 5 nitrogen and oxygen atoms in total. The molecule has 1 aliphatic carbocycles. The maximum atomic E-state index is 13.9. The average Bonchev–Trinajstić information content (AvgIpc) is 2.73. The first-order valence-corrected chi connectivity index (χ1v) is 8.81. The van der Waals surface area contributed by atoms with Crippen molar-refractivity contribution >= 4 is 31.9 Å². The predicted molar refractivity (Wildman–Crippen MR) is 79.8 cm³/mol. The number of carbonyl (C=O) groups excluding carboxylic acids is 1. The van der Waals surface area contributed by atoms with Crippen molar-refractivity contribution in [3.8, 4) is 0 Å². The van der Waals surface area contributed by atoms with Crippen molar-refractivity contribution in [2.75, 3.05) is 0 Å².